The van der Waals surface area contributed by atoms with E-state index in [1.54, 1.807) is 18.7 Å². The second kappa shape index (κ2) is 6.67. The van der Waals surface area contributed by atoms with Gasteiger partial charge >= 0.3 is 0 Å². The van der Waals surface area contributed by atoms with Gasteiger partial charge in [0.25, 0.3) is 0 Å². The van der Waals surface area contributed by atoms with Crippen LogP contribution in [0.1, 0.15) is 24.2 Å². The molecule has 2 aromatic rings. The first-order chi connectivity index (χ1) is 10.3. The van der Waals surface area contributed by atoms with Crippen LogP contribution >= 0.6 is 0 Å². The van der Waals surface area contributed by atoms with Crippen molar-refractivity contribution >= 4 is 5.82 Å². The van der Waals surface area contributed by atoms with Crippen LogP contribution in [0, 0.1) is 5.92 Å². The molecule has 0 saturated carbocycles. The van der Waals surface area contributed by atoms with Crippen LogP contribution in [0.3, 0.4) is 0 Å². The van der Waals surface area contributed by atoms with Gasteiger partial charge in [-0.05, 0) is 31.7 Å². The summed E-state index contributed by atoms with van der Waals surface area (Å²) in [6, 6.07) is 0. The zero-order valence-electron chi connectivity index (χ0n) is 12.4. The van der Waals surface area contributed by atoms with Crippen molar-refractivity contribution in [3.05, 3.63) is 36.3 Å². The first-order valence-corrected chi connectivity index (χ1v) is 7.52. The van der Waals surface area contributed by atoms with E-state index in [2.05, 4.69) is 30.2 Å². The molecular weight excluding hydrogens is 264 g/mol. The molecule has 6 nitrogen and oxygen atoms in total. The van der Waals surface area contributed by atoms with Gasteiger partial charge in [-0.1, -0.05) is 0 Å². The van der Waals surface area contributed by atoms with Crippen molar-refractivity contribution in [2.45, 2.75) is 25.8 Å². The Hall–Kier alpha value is -1.95. The third-order valence-corrected chi connectivity index (χ3v) is 4.04. The average molecular weight is 286 g/mol. The summed E-state index contributed by atoms with van der Waals surface area (Å²) in [6.07, 6.45) is 10.7. The van der Waals surface area contributed by atoms with Crippen LogP contribution in [0.2, 0.25) is 0 Å². The molecule has 1 saturated heterocycles. The lowest BCUT2D eigenvalue weighted by molar-refractivity contribution is 0.165. The third-order valence-electron chi connectivity index (χ3n) is 4.04. The molecule has 1 fully saturated rings. The molecule has 0 radical (unpaired) electrons. The molecule has 112 valence electrons. The van der Waals surface area contributed by atoms with Gasteiger partial charge in [-0.2, -0.15) is 0 Å². The maximum atomic E-state index is 4.48. The van der Waals surface area contributed by atoms with Gasteiger partial charge in [0.1, 0.15) is 5.82 Å². The highest BCUT2D eigenvalue weighted by Gasteiger charge is 2.22. The molecule has 6 heteroatoms. The summed E-state index contributed by atoms with van der Waals surface area (Å²) in [5, 5.41) is 3.13. The number of nitrogens with zero attached hydrogens (tertiary/aromatic N) is 4. The lowest BCUT2D eigenvalue weighted by Gasteiger charge is -2.32. The predicted molar refractivity (Wildman–Crippen MR) is 81.9 cm³/mol. The molecule has 1 aliphatic heterocycles. The SMILES string of the molecule is CNc1nccnc1CC1CCCN(Cc2cnc[nH]2)C1. The summed E-state index contributed by atoms with van der Waals surface area (Å²) in [4.78, 5) is 18.6. The summed E-state index contributed by atoms with van der Waals surface area (Å²) >= 11 is 0. The Balaban J connectivity index is 1.60. The Bertz CT molecular complexity index is 553. The maximum absolute atomic E-state index is 4.48. The third kappa shape index (κ3) is 3.58. The van der Waals surface area contributed by atoms with E-state index in [4.69, 9.17) is 0 Å². The number of hydrogen-bond donors (Lipinski definition) is 2. The Kier molecular flexibility index (Phi) is 4.45. The van der Waals surface area contributed by atoms with E-state index in [0.717, 1.165) is 37.6 Å². The first-order valence-electron chi connectivity index (χ1n) is 7.52. The van der Waals surface area contributed by atoms with Gasteiger partial charge < -0.3 is 10.3 Å². The van der Waals surface area contributed by atoms with Gasteiger partial charge in [0.15, 0.2) is 0 Å². The first kappa shape index (κ1) is 14.0. The fourth-order valence-corrected chi connectivity index (χ4v) is 3.07. The Morgan fingerprint density at radius 1 is 1.38 bits per heavy atom. The van der Waals surface area contributed by atoms with Gasteiger partial charge in [-0.3, -0.25) is 9.88 Å². The Morgan fingerprint density at radius 2 is 2.29 bits per heavy atom. The minimum Gasteiger partial charge on any atom is -0.372 e. The van der Waals surface area contributed by atoms with Crippen LogP contribution in [-0.2, 0) is 13.0 Å². The molecule has 1 aliphatic rings. The highest BCUT2D eigenvalue weighted by atomic mass is 15.1. The van der Waals surface area contributed by atoms with E-state index >= 15 is 0 Å². The Labute approximate surface area is 125 Å². The van der Waals surface area contributed by atoms with Crippen molar-refractivity contribution in [2.24, 2.45) is 5.92 Å². The van der Waals surface area contributed by atoms with Crippen LogP contribution in [0.25, 0.3) is 0 Å². The van der Waals surface area contributed by atoms with Gasteiger partial charge in [-0.25, -0.2) is 9.97 Å². The monoisotopic (exact) mass is 286 g/mol. The molecule has 0 aliphatic carbocycles. The lowest BCUT2D eigenvalue weighted by atomic mass is 9.93. The van der Waals surface area contributed by atoms with Gasteiger partial charge in [0.2, 0.25) is 0 Å². The van der Waals surface area contributed by atoms with Crippen LogP contribution in [0.5, 0.6) is 0 Å². The van der Waals surface area contributed by atoms with Gasteiger partial charge in [-0.15, -0.1) is 0 Å². The largest absolute Gasteiger partial charge is 0.372 e. The molecule has 0 bridgehead atoms. The summed E-state index contributed by atoms with van der Waals surface area (Å²) in [5.74, 6) is 1.55. The van der Waals surface area contributed by atoms with Crippen LogP contribution < -0.4 is 5.32 Å². The van der Waals surface area contributed by atoms with E-state index < -0.39 is 0 Å². The number of aromatic amines is 1. The van der Waals surface area contributed by atoms with Crippen molar-refractivity contribution in [3.63, 3.8) is 0 Å². The molecule has 0 amide bonds. The molecule has 0 aromatic carbocycles. The fourth-order valence-electron chi connectivity index (χ4n) is 3.07. The number of nitrogens with one attached hydrogen (secondary N) is 2. The number of anilines is 1. The normalized spacial score (nSPS) is 19.6. The van der Waals surface area contributed by atoms with E-state index in [0.29, 0.717) is 5.92 Å². The lowest BCUT2D eigenvalue weighted by Crippen LogP contribution is -2.36. The Morgan fingerprint density at radius 3 is 3.10 bits per heavy atom. The van der Waals surface area contributed by atoms with E-state index in [1.807, 2.05) is 13.2 Å². The van der Waals surface area contributed by atoms with E-state index in [9.17, 15) is 0 Å². The molecule has 2 aromatic heterocycles. The standard InChI is InChI=1S/C15H22N6/c1-16-15-14(18-4-5-19-15)7-12-3-2-6-21(9-12)10-13-8-17-11-20-13/h4-5,8,11-12H,2-3,6-7,9-10H2,1H3,(H,16,19)(H,17,20). The number of aromatic nitrogens is 4. The van der Waals surface area contributed by atoms with Crippen LogP contribution in [0.4, 0.5) is 5.82 Å². The summed E-state index contributed by atoms with van der Waals surface area (Å²) in [6.45, 7) is 3.23. The second-order valence-corrected chi connectivity index (χ2v) is 5.63. The molecule has 21 heavy (non-hydrogen) atoms. The number of imidazole rings is 1. The molecule has 0 spiro atoms. The second-order valence-electron chi connectivity index (χ2n) is 5.63. The molecule has 1 atom stereocenters. The molecular formula is C15H22N6. The van der Waals surface area contributed by atoms with E-state index in [-0.39, 0.29) is 0 Å². The van der Waals surface area contributed by atoms with Crippen LogP contribution in [-0.4, -0.2) is 45.0 Å². The molecule has 3 rings (SSSR count). The fraction of sp³-hybridized carbons (Fsp3) is 0.533. The summed E-state index contributed by atoms with van der Waals surface area (Å²) in [7, 11) is 1.90. The van der Waals surface area contributed by atoms with Gasteiger partial charge in [0.05, 0.1) is 12.0 Å². The summed E-state index contributed by atoms with van der Waals surface area (Å²) < 4.78 is 0. The highest BCUT2D eigenvalue weighted by molar-refractivity contribution is 5.38. The van der Waals surface area contributed by atoms with Gasteiger partial charge in [0, 0.05) is 44.4 Å². The summed E-state index contributed by atoms with van der Waals surface area (Å²) in [5.41, 5.74) is 2.26. The number of likely N-dealkylation sites (tertiary alicyclic amines) is 1. The average Bonchev–Trinajstić information content (AvgIpc) is 3.01. The minimum absolute atomic E-state index is 0.644. The number of rotatable bonds is 5. The van der Waals surface area contributed by atoms with Crippen molar-refractivity contribution in [3.8, 4) is 0 Å². The van der Waals surface area contributed by atoms with Crippen LogP contribution in [0.15, 0.2) is 24.9 Å². The quantitative estimate of drug-likeness (QED) is 0.875. The topological polar surface area (TPSA) is 69.7 Å². The molecule has 1 unspecified atom stereocenters. The van der Waals surface area contributed by atoms with Crippen molar-refractivity contribution in [1.82, 2.24) is 24.8 Å². The van der Waals surface area contributed by atoms with Crippen molar-refractivity contribution < 1.29 is 0 Å². The number of H-pyrrole nitrogens is 1. The number of piperidine rings is 1. The number of hydrogen-bond acceptors (Lipinski definition) is 5. The molecule has 3 heterocycles. The highest BCUT2D eigenvalue weighted by Crippen LogP contribution is 2.23. The van der Waals surface area contributed by atoms with Crippen molar-refractivity contribution in [1.29, 1.82) is 0 Å². The predicted octanol–water partition coefficient (Wildman–Crippen LogP) is 1.70. The van der Waals surface area contributed by atoms with E-state index in [1.165, 1.54) is 18.5 Å². The molecule has 2 N–H and O–H groups in total. The maximum Gasteiger partial charge on any atom is 0.147 e. The zero-order valence-corrected chi connectivity index (χ0v) is 12.4. The van der Waals surface area contributed by atoms with Crippen molar-refractivity contribution in [2.75, 3.05) is 25.5 Å². The smallest absolute Gasteiger partial charge is 0.147 e. The zero-order chi connectivity index (χ0) is 14.5. The minimum atomic E-state index is 0.644.